The zero-order valence-corrected chi connectivity index (χ0v) is 21.7. The normalized spacial score (nSPS) is 25.0. The van der Waals surface area contributed by atoms with E-state index in [0.717, 1.165) is 37.4 Å². The molecule has 1 fully saturated rings. The van der Waals surface area contributed by atoms with Crippen molar-refractivity contribution in [1.82, 2.24) is 0 Å². The van der Waals surface area contributed by atoms with Crippen molar-refractivity contribution in [3.05, 3.63) is 29.8 Å². The Morgan fingerprint density at radius 1 is 1.13 bits per heavy atom. The van der Waals surface area contributed by atoms with Crippen LogP contribution in [0.25, 0.3) is 0 Å². The molecule has 4 nitrogen and oxygen atoms in total. The van der Waals surface area contributed by atoms with Crippen LogP contribution in [0.5, 0.6) is 5.75 Å². The molecule has 1 unspecified atom stereocenters. The third-order valence-corrected chi connectivity index (χ3v) is 11.5. The maximum Gasteiger partial charge on any atom is 0.191 e. The average molecular weight is 437 g/mol. The van der Waals surface area contributed by atoms with Crippen LogP contribution in [-0.4, -0.2) is 34.7 Å². The molecule has 1 saturated heterocycles. The summed E-state index contributed by atoms with van der Waals surface area (Å²) in [6, 6.07) is 8.00. The molecular formula is C25H44O4Si. The molecule has 0 bridgehead atoms. The molecule has 0 radical (unpaired) electrons. The second-order valence-corrected chi connectivity index (χ2v) is 15.4. The summed E-state index contributed by atoms with van der Waals surface area (Å²) in [5, 5.41) is 0.251. The monoisotopic (exact) mass is 436 g/mol. The van der Waals surface area contributed by atoms with E-state index >= 15 is 0 Å². The number of ether oxygens (including phenoxy) is 3. The van der Waals surface area contributed by atoms with E-state index in [-0.39, 0.29) is 17.4 Å². The van der Waals surface area contributed by atoms with Crippen LogP contribution in [0.4, 0.5) is 0 Å². The molecule has 0 amide bonds. The maximum absolute atomic E-state index is 6.52. The Kier molecular flexibility index (Phi) is 8.99. The van der Waals surface area contributed by atoms with E-state index in [9.17, 15) is 0 Å². The van der Waals surface area contributed by atoms with Crippen LogP contribution in [0.15, 0.2) is 24.3 Å². The van der Waals surface area contributed by atoms with E-state index in [1.807, 2.05) is 24.3 Å². The fourth-order valence-corrected chi connectivity index (χ4v) is 5.02. The van der Waals surface area contributed by atoms with Gasteiger partial charge in [0.15, 0.2) is 14.6 Å². The predicted octanol–water partition coefficient (Wildman–Crippen LogP) is 6.82. The van der Waals surface area contributed by atoms with Gasteiger partial charge in [-0.1, -0.05) is 53.7 Å². The van der Waals surface area contributed by atoms with Crippen LogP contribution in [0.2, 0.25) is 18.1 Å². The summed E-state index contributed by atoms with van der Waals surface area (Å²) in [5.41, 5.74) is 1.05. The molecular weight excluding hydrogens is 392 g/mol. The van der Waals surface area contributed by atoms with Crippen LogP contribution in [0.3, 0.4) is 0 Å². The van der Waals surface area contributed by atoms with Gasteiger partial charge in [-0.15, -0.1) is 0 Å². The smallest absolute Gasteiger partial charge is 0.191 e. The number of rotatable bonds is 9. The van der Waals surface area contributed by atoms with Crippen molar-refractivity contribution in [2.45, 2.75) is 84.9 Å². The molecule has 0 spiro atoms. The molecule has 30 heavy (non-hydrogen) atoms. The molecule has 5 heteroatoms. The zero-order chi connectivity index (χ0) is 22.5. The van der Waals surface area contributed by atoms with Gasteiger partial charge in [0, 0.05) is 18.1 Å². The Balaban J connectivity index is 1.97. The first-order chi connectivity index (χ1) is 14.0. The predicted molar refractivity (Wildman–Crippen MR) is 126 cm³/mol. The highest BCUT2D eigenvalue weighted by atomic mass is 28.4. The Labute approximate surface area is 185 Å². The zero-order valence-electron chi connectivity index (χ0n) is 20.7. The fourth-order valence-electron chi connectivity index (χ4n) is 3.89. The van der Waals surface area contributed by atoms with E-state index in [0.29, 0.717) is 17.8 Å². The second kappa shape index (κ2) is 10.6. The lowest BCUT2D eigenvalue weighted by Crippen LogP contribution is -2.43. The van der Waals surface area contributed by atoms with E-state index in [4.69, 9.17) is 18.6 Å². The van der Waals surface area contributed by atoms with E-state index < -0.39 is 8.32 Å². The molecule has 172 valence electrons. The molecule has 2 rings (SSSR count). The molecule has 0 aliphatic carbocycles. The van der Waals surface area contributed by atoms with Crippen molar-refractivity contribution in [3.8, 4) is 5.75 Å². The molecule has 1 aromatic rings. The van der Waals surface area contributed by atoms with Gasteiger partial charge in [0.2, 0.25) is 0 Å². The number of benzene rings is 1. The van der Waals surface area contributed by atoms with Gasteiger partial charge in [-0.3, -0.25) is 0 Å². The summed E-state index contributed by atoms with van der Waals surface area (Å²) in [5.74, 6) is 2.25. The molecule has 1 aliphatic rings. The van der Waals surface area contributed by atoms with Gasteiger partial charge in [0.25, 0.3) is 0 Å². The quantitative estimate of drug-likeness (QED) is 0.398. The van der Waals surface area contributed by atoms with Crippen LogP contribution in [-0.2, 0) is 13.9 Å². The summed E-state index contributed by atoms with van der Waals surface area (Å²) in [6.07, 6.45) is 2.07. The molecule has 1 aliphatic heterocycles. The van der Waals surface area contributed by atoms with Crippen molar-refractivity contribution in [2.75, 3.05) is 20.3 Å². The maximum atomic E-state index is 6.52. The summed E-state index contributed by atoms with van der Waals surface area (Å²) in [7, 11) is -0.0204. The number of hydrogen-bond donors (Lipinski definition) is 0. The largest absolute Gasteiger partial charge is 0.497 e. The minimum atomic E-state index is -1.70. The van der Waals surface area contributed by atoms with Gasteiger partial charge in [0.05, 0.1) is 19.8 Å². The van der Waals surface area contributed by atoms with Crippen molar-refractivity contribution >= 4 is 8.32 Å². The second-order valence-electron chi connectivity index (χ2n) is 10.6. The highest BCUT2D eigenvalue weighted by molar-refractivity contribution is 6.74. The van der Waals surface area contributed by atoms with Crippen molar-refractivity contribution in [2.24, 2.45) is 17.8 Å². The lowest BCUT2D eigenvalue weighted by molar-refractivity contribution is -0.254. The minimum absolute atomic E-state index is 0.200. The number of methoxy groups -OCH3 is 1. The van der Waals surface area contributed by atoms with Crippen LogP contribution >= 0.6 is 0 Å². The lowest BCUT2D eigenvalue weighted by atomic mass is 9.84. The van der Waals surface area contributed by atoms with Crippen molar-refractivity contribution < 1.29 is 18.6 Å². The number of hydrogen-bond acceptors (Lipinski definition) is 4. The van der Waals surface area contributed by atoms with Crippen LogP contribution < -0.4 is 4.74 Å². The first-order valence-corrected chi connectivity index (χ1v) is 14.4. The van der Waals surface area contributed by atoms with Crippen molar-refractivity contribution in [1.29, 1.82) is 0 Å². The third-order valence-electron chi connectivity index (χ3n) is 6.99. The molecule has 0 aromatic heterocycles. The highest BCUT2D eigenvalue weighted by Crippen LogP contribution is 2.38. The SMILES string of the molecule is CC[C@@H]1COC(c2ccc(OC)cc2)O[C@@H]1[C@H](C)C[C@@H](C)CO[Si](C)(C)C(C)(C)C. The van der Waals surface area contributed by atoms with Gasteiger partial charge in [-0.25, -0.2) is 0 Å². The van der Waals surface area contributed by atoms with E-state index in [1.54, 1.807) is 7.11 Å². The van der Waals surface area contributed by atoms with E-state index in [1.165, 1.54) is 0 Å². The first-order valence-electron chi connectivity index (χ1n) is 11.5. The Hall–Kier alpha value is -0.883. The van der Waals surface area contributed by atoms with Gasteiger partial charge < -0.3 is 18.6 Å². The van der Waals surface area contributed by atoms with E-state index in [2.05, 4.69) is 54.6 Å². The summed E-state index contributed by atoms with van der Waals surface area (Å²) < 4.78 is 24.3. The molecule has 5 atom stereocenters. The average Bonchev–Trinajstić information content (AvgIpc) is 2.71. The lowest BCUT2D eigenvalue weighted by Gasteiger charge is -2.41. The standard InChI is InChI=1S/C25H44O4Si/c1-10-20-17-27-24(21-11-13-22(26-7)14-12-21)29-23(20)19(3)15-18(2)16-28-30(8,9)25(4,5)6/h11-14,18-20,23-24H,10,15-17H2,1-9H3/t18-,19-,20-,23-,24?/m1/s1. The summed E-state index contributed by atoms with van der Waals surface area (Å²) in [6.45, 7) is 20.0. The Morgan fingerprint density at radius 3 is 2.30 bits per heavy atom. The summed E-state index contributed by atoms with van der Waals surface area (Å²) >= 11 is 0. The first kappa shape index (κ1) is 25.4. The van der Waals surface area contributed by atoms with Gasteiger partial charge in [-0.05, 0) is 54.9 Å². The van der Waals surface area contributed by atoms with Gasteiger partial charge in [0.1, 0.15) is 5.75 Å². The molecule has 0 N–H and O–H groups in total. The molecule has 1 heterocycles. The molecule has 0 saturated carbocycles. The Bertz CT molecular complexity index is 638. The van der Waals surface area contributed by atoms with Crippen LogP contribution in [0, 0.1) is 17.8 Å². The summed E-state index contributed by atoms with van der Waals surface area (Å²) in [4.78, 5) is 0. The van der Waals surface area contributed by atoms with Gasteiger partial charge >= 0.3 is 0 Å². The minimum Gasteiger partial charge on any atom is -0.497 e. The molecule has 1 aromatic carbocycles. The van der Waals surface area contributed by atoms with Crippen LogP contribution in [0.1, 0.15) is 66.2 Å². The third kappa shape index (κ3) is 6.56. The topological polar surface area (TPSA) is 36.9 Å². The van der Waals surface area contributed by atoms with Crippen molar-refractivity contribution in [3.63, 3.8) is 0 Å². The van der Waals surface area contributed by atoms with Gasteiger partial charge in [-0.2, -0.15) is 0 Å². The Morgan fingerprint density at radius 2 is 1.77 bits per heavy atom. The fraction of sp³-hybridized carbons (Fsp3) is 0.760. The highest BCUT2D eigenvalue weighted by Gasteiger charge is 2.38.